The normalized spacial score (nSPS) is 25.0. The summed E-state index contributed by atoms with van der Waals surface area (Å²) >= 11 is 6.10. The van der Waals surface area contributed by atoms with Gasteiger partial charge in [-0.1, -0.05) is 11.8 Å². The molecular formula is C11H13FN2O5S2. The van der Waals surface area contributed by atoms with Gasteiger partial charge in [-0.3, -0.25) is 14.3 Å². The van der Waals surface area contributed by atoms with Gasteiger partial charge in [0.25, 0.3) is 5.56 Å². The molecule has 0 radical (unpaired) electrons. The summed E-state index contributed by atoms with van der Waals surface area (Å²) in [5, 5.41) is 9.88. The van der Waals surface area contributed by atoms with E-state index < -0.39 is 35.5 Å². The predicted octanol–water partition coefficient (Wildman–Crippen LogP) is -0.0114. The number of ether oxygens (including phenoxy) is 2. The molecule has 1 aliphatic rings. The molecule has 7 nitrogen and oxygen atoms in total. The van der Waals surface area contributed by atoms with Crippen molar-refractivity contribution in [2.75, 3.05) is 12.9 Å². The number of H-pyrrole nitrogens is 1. The van der Waals surface area contributed by atoms with E-state index in [-0.39, 0.29) is 13.0 Å². The Morgan fingerprint density at radius 1 is 1.71 bits per heavy atom. The minimum atomic E-state index is -1.10. The molecule has 3 atom stereocenters. The molecule has 0 unspecified atom stereocenters. The first kappa shape index (κ1) is 16.1. The van der Waals surface area contributed by atoms with Gasteiger partial charge < -0.3 is 14.6 Å². The van der Waals surface area contributed by atoms with Gasteiger partial charge in [-0.15, -0.1) is 0 Å². The standard InChI is InChI=1S/C11H13FN2O5S2/c1-21-11(20)18-4-7-6(15)2-8(19-7)14-3-5(12)9(16)13-10(14)17/h3,6-8,15H,2,4H2,1H3,(H,13,16,17)/t6-,7+,8+/m0/s1. The van der Waals surface area contributed by atoms with Crippen LogP contribution in [0.4, 0.5) is 4.39 Å². The number of nitrogens with one attached hydrogen (secondary N) is 1. The Kier molecular flexibility index (Phi) is 5.14. The van der Waals surface area contributed by atoms with Gasteiger partial charge in [0.2, 0.25) is 10.2 Å². The number of thioether (sulfide) groups is 1. The maximum Gasteiger partial charge on any atom is 0.330 e. The van der Waals surface area contributed by atoms with Crippen LogP contribution in [0.1, 0.15) is 12.6 Å². The van der Waals surface area contributed by atoms with E-state index in [1.54, 1.807) is 6.26 Å². The lowest BCUT2D eigenvalue weighted by Gasteiger charge is -2.16. The van der Waals surface area contributed by atoms with Crippen LogP contribution in [0.15, 0.2) is 15.8 Å². The zero-order valence-corrected chi connectivity index (χ0v) is 12.6. The highest BCUT2D eigenvalue weighted by Crippen LogP contribution is 2.28. The summed E-state index contributed by atoms with van der Waals surface area (Å²) < 4.78 is 25.1. The van der Waals surface area contributed by atoms with Crippen LogP contribution in [-0.2, 0) is 9.47 Å². The molecule has 2 rings (SSSR count). The van der Waals surface area contributed by atoms with Crippen LogP contribution in [0.5, 0.6) is 0 Å². The molecule has 10 heteroatoms. The number of nitrogens with zero attached hydrogens (tertiary/aromatic N) is 1. The minimum Gasteiger partial charge on any atom is -0.476 e. The molecule has 1 fully saturated rings. The number of aliphatic hydroxyl groups is 1. The highest BCUT2D eigenvalue weighted by atomic mass is 32.2. The number of aromatic amines is 1. The van der Waals surface area contributed by atoms with Crippen LogP contribution in [0, 0.1) is 5.82 Å². The number of halogens is 1. The van der Waals surface area contributed by atoms with E-state index in [0.717, 1.165) is 10.8 Å². The molecule has 1 saturated heterocycles. The van der Waals surface area contributed by atoms with Crippen molar-refractivity contribution >= 4 is 28.4 Å². The maximum atomic E-state index is 13.2. The Hall–Kier alpha value is -1.23. The Morgan fingerprint density at radius 3 is 3.10 bits per heavy atom. The van der Waals surface area contributed by atoms with Crippen molar-refractivity contribution in [3.63, 3.8) is 0 Å². The van der Waals surface area contributed by atoms with Gasteiger partial charge in [0.1, 0.15) is 18.9 Å². The van der Waals surface area contributed by atoms with E-state index in [1.807, 2.05) is 4.98 Å². The molecule has 21 heavy (non-hydrogen) atoms. The third kappa shape index (κ3) is 3.70. The van der Waals surface area contributed by atoms with E-state index in [9.17, 15) is 19.1 Å². The van der Waals surface area contributed by atoms with Crippen molar-refractivity contribution < 1.29 is 19.0 Å². The summed E-state index contributed by atoms with van der Waals surface area (Å²) in [6, 6.07) is 0. The first-order valence-electron chi connectivity index (χ1n) is 5.97. The van der Waals surface area contributed by atoms with Crippen molar-refractivity contribution in [2.45, 2.75) is 24.9 Å². The van der Waals surface area contributed by atoms with Crippen molar-refractivity contribution in [1.82, 2.24) is 9.55 Å². The number of rotatable bonds is 3. The zero-order chi connectivity index (χ0) is 15.6. The molecule has 116 valence electrons. The van der Waals surface area contributed by atoms with Crippen molar-refractivity contribution in [2.24, 2.45) is 0 Å². The molecule has 0 aromatic carbocycles. The maximum absolute atomic E-state index is 13.2. The largest absolute Gasteiger partial charge is 0.476 e. The molecule has 1 aromatic heterocycles. The van der Waals surface area contributed by atoms with Crippen LogP contribution >= 0.6 is 24.0 Å². The van der Waals surface area contributed by atoms with Gasteiger partial charge in [-0.25, -0.2) is 4.79 Å². The Morgan fingerprint density at radius 2 is 2.43 bits per heavy atom. The Labute approximate surface area is 128 Å². The summed E-state index contributed by atoms with van der Waals surface area (Å²) in [6.45, 7) is 0.0257. The second-order valence-corrected chi connectivity index (χ2v) is 5.75. The minimum absolute atomic E-state index is 0.0257. The van der Waals surface area contributed by atoms with E-state index in [0.29, 0.717) is 4.38 Å². The molecular weight excluding hydrogens is 323 g/mol. The fourth-order valence-electron chi connectivity index (χ4n) is 1.92. The molecule has 0 spiro atoms. The molecule has 0 saturated carbocycles. The molecule has 2 N–H and O–H groups in total. The molecule has 0 bridgehead atoms. The predicted molar refractivity (Wildman–Crippen MR) is 77.9 cm³/mol. The number of thiocarbonyl (C=S) groups is 1. The van der Waals surface area contributed by atoms with Crippen LogP contribution in [0.2, 0.25) is 0 Å². The monoisotopic (exact) mass is 336 g/mol. The third-order valence-electron chi connectivity index (χ3n) is 2.97. The SMILES string of the molecule is CSC(=S)OC[C@H]1O[C@@H](n2cc(F)c(=O)[nH]c2=O)C[C@@H]1O. The lowest BCUT2D eigenvalue weighted by atomic mass is 10.2. The lowest BCUT2D eigenvalue weighted by molar-refractivity contribution is -0.0422. The summed E-state index contributed by atoms with van der Waals surface area (Å²) in [6.07, 6.45) is 0.123. The average Bonchev–Trinajstić information content (AvgIpc) is 2.81. The van der Waals surface area contributed by atoms with Crippen molar-refractivity contribution in [3.05, 3.63) is 32.9 Å². The summed E-state index contributed by atoms with van der Waals surface area (Å²) in [5.74, 6) is -1.10. The van der Waals surface area contributed by atoms with E-state index >= 15 is 0 Å². The summed E-state index contributed by atoms with van der Waals surface area (Å²) in [5.41, 5.74) is -1.90. The van der Waals surface area contributed by atoms with Gasteiger partial charge in [0.05, 0.1) is 12.3 Å². The smallest absolute Gasteiger partial charge is 0.330 e. The fourth-order valence-corrected chi connectivity index (χ4v) is 2.17. The van der Waals surface area contributed by atoms with Crippen molar-refractivity contribution in [3.8, 4) is 0 Å². The van der Waals surface area contributed by atoms with E-state index in [1.165, 1.54) is 11.8 Å². The summed E-state index contributed by atoms with van der Waals surface area (Å²) in [4.78, 5) is 24.4. The van der Waals surface area contributed by atoms with Crippen LogP contribution < -0.4 is 11.2 Å². The fraction of sp³-hybridized carbons (Fsp3) is 0.545. The van der Waals surface area contributed by atoms with Gasteiger partial charge in [0.15, 0.2) is 0 Å². The first-order chi connectivity index (χ1) is 9.92. The quantitative estimate of drug-likeness (QED) is 0.750. The number of hydrogen-bond acceptors (Lipinski definition) is 7. The van der Waals surface area contributed by atoms with E-state index in [2.05, 4.69) is 0 Å². The van der Waals surface area contributed by atoms with Gasteiger partial charge in [0, 0.05) is 6.42 Å². The van der Waals surface area contributed by atoms with Gasteiger partial charge >= 0.3 is 5.69 Å². The Balaban J connectivity index is 2.10. The summed E-state index contributed by atoms with van der Waals surface area (Å²) in [7, 11) is 0. The second-order valence-electron chi connectivity index (χ2n) is 4.34. The third-order valence-corrected chi connectivity index (χ3v) is 4.04. The lowest BCUT2D eigenvalue weighted by Crippen LogP contribution is -2.34. The molecule has 2 heterocycles. The Bertz CT molecular complexity index is 646. The molecule has 1 aliphatic heterocycles. The molecule has 0 amide bonds. The van der Waals surface area contributed by atoms with Crippen LogP contribution in [-0.4, -0.2) is 44.1 Å². The van der Waals surface area contributed by atoms with Crippen molar-refractivity contribution in [1.29, 1.82) is 0 Å². The van der Waals surface area contributed by atoms with Crippen LogP contribution in [0.25, 0.3) is 0 Å². The van der Waals surface area contributed by atoms with Gasteiger partial charge in [-0.2, -0.15) is 4.39 Å². The first-order valence-corrected chi connectivity index (χ1v) is 7.61. The topological polar surface area (TPSA) is 93.5 Å². The highest BCUT2D eigenvalue weighted by Gasteiger charge is 2.36. The number of aliphatic hydroxyl groups excluding tert-OH is 1. The van der Waals surface area contributed by atoms with Crippen LogP contribution in [0.3, 0.4) is 0 Å². The number of hydrogen-bond donors (Lipinski definition) is 2. The second kappa shape index (κ2) is 6.69. The van der Waals surface area contributed by atoms with E-state index in [4.69, 9.17) is 21.7 Å². The zero-order valence-electron chi connectivity index (χ0n) is 10.9. The van der Waals surface area contributed by atoms with Gasteiger partial charge in [-0.05, 0) is 18.5 Å². The number of aromatic nitrogens is 2. The highest BCUT2D eigenvalue weighted by molar-refractivity contribution is 8.22. The molecule has 1 aromatic rings. The average molecular weight is 336 g/mol. The molecule has 0 aliphatic carbocycles.